The molecule has 1 aromatic rings. The summed E-state index contributed by atoms with van der Waals surface area (Å²) in [5, 5.41) is 13.6. The number of carbonyl (C=O) groups excluding carboxylic acids is 2. The Morgan fingerprint density at radius 2 is 2.00 bits per heavy atom. The molecule has 8 nitrogen and oxygen atoms in total. The molecule has 0 unspecified atom stereocenters. The van der Waals surface area contributed by atoms with Gasteiger partial charge in [0.25, 0.3) is 0 Å². The number of unbranched alkanes of at least 4 members (excludes halogenated alkanes) is 1. The van der Waals surface area contributed by atoms with Gasteiger partial charge in [0.15, 0.2) is 5.75 Å². The van der Waals surface area contributed by atoms with Crippen LogP contribution in [0.3, 0.4) is 0 Å². The van der Waals surface area contributed by atoms with Crippen LogP contribution < -0.4 is 10.1 Å². The standard InChI is InChI=1S/C16H22N2O6/c1-12-6-7-13(18(21)22)14(11-12)24-10-8-15(19)17-9-4-3-5-16(20)23-2/h6-7,11H,3-5,8-10H2,1-2H3,(H,17,19). The number of amides is 1. The Morgan fingerprint density at radius 1 is 1.25 bits per heavy atom. The second-order valence-corrected chi connectivity index (χ2v) is 5.21. The molecule has 0 saturated carbocycles. The summed E-state index contributed by atoms with van der Waals surface area (Å²) in [4.78, 5) is 33.0. The predicted molar refractivity (Wildman–Crippen MR) is 86.8 cm³/mol. The maximum Gasteiger partial charge on any atom is 0.310 e. The Hall–Kier alpha value is -2.64. The second-order valence-electron chi connectivity index (χ2n) is 5.21. The second kappa shape index (κ2) is 10.2. The Morgan fingerprint density at radius 3 is 2.67 bits per heavy atom. The van der Waals surface area contributed by atoms with Crippen LogP contribution in [0.5, 0.6) is 5.75 Å². The zero-order valence-electron chi connectivity index (χ0n) is 13.9. The molecule has 0 spiro atoms. The smallest absolute Gasteiger partial charge is 0.310 e. The minimum atomic E-state index is -0.518. The summed E-state index contributed by atoms with van der Waals surface area (Å²) in [6.45, 7) is 2.32. The van der Waals surface area contributed by atoms with E-state index in [9.17, 15) is 19.7 Å². The van der Waals surface area contributed by atoms with E-state index in [-0.39, 0.29) is 36.3 Å². The lowest BCUT2D eigenvalue weighted by atomic mass is 10.2. The monoisotopic (exact) mass is 338 g/mol. The van der Waals surface area contributed by atoms with Crippen molar-refractivity contribution >= 4 is 17.6 Å². The van der Waals surface area contributed by atoms with E-state index < -0.39 is 4.92 Å². The number of carbonyl (C=O) groups is 2. The minimum absolute atomic E-state index is 0.0539. The van der Waals surface area contributed by atoms with Crippen LogP contribution in [-0.2, 0) is 14.3 Å². The van der Waals surface area contributed by atoms with Gasteiger partial charge in [-0.2, -0.15) is 0 Å². The van der Waals surface area contributed by atoms with Crippen molar-refractivity contribution in [3.63, 3.8) is 0 Å². The van der Waals surface area contributed by atoms with E-state index in [4.69, 9.17) is 4.74 Å². The molecule has 0 fully saturated rings. The highest BCUT2D eigenvalue weighted by Gasteiger charge is 2.15. The van der Waals surface area contributed by atoms with Crippen LogP contribution in [0.15, 0.2) is 18.2 Å². The van der Waals surface area contributed by atoms with E-state index in [2.05, 4.69) is 10.1 Å². The van der Waals surface area contributed by atoms with Gasteiger partial charge in [-0.3, -0.25) is 19.7 Å². The van der Waals surface area contributed by atoms with E-state index in [0.29, 0.717) is 25.8 Å². The number of nitro benzene ring substituents is 1. The first kappa shape index (κ1) is 19.4. The van der Waals surface area contributed by atoms with Crippen molar-refractivity contribution in [2.45, 2.75) is 32.6 Å². The number of esters is 1. The van der Waals surface area contributed by atoms with Gasteiger partial charge in [-0.25, -0.2) is 0 Å². The highest BCUT2D eigenvalue weighted by atomic mass is 16.6. The molecule has 0 atom stereocenters. The third kappa shape index (κ3) is 7.08. The van der Waals surface area contributed by atoms with Crippen LogP contribution in [0.1, 0.15) is 31.2 Å². The summed E-state index contributed by atoms with van der Waals surface area (Å²) in [6.07, 6.45) is 1.73. The molecule has 132 valence electrons. The topological polar surface area (TPSA) is 108 Å². The van der Waals surface area contributed by atoms with E-state index in [0.717, 1.165) is 5.56 Å². The van der Waals surface area contributed by atoms with Gasteiger partial charge in [-0.1, -0.05) is 6.07 Å². The number of nitrogens with one attached hydrogen (secondary N) is 1. The average Bonchev–Trinajstić information content (AvgIpc) is 2.54. The lowest BCUT2D eigenvalue weighted by Crippen LogP contribution is -2.26. The normalized spacial score (nSPS) is 10.1. The van der Waals surface area contributed by atoms with Gasteiger partial charge in [0.1, 0.15) is 0 Å². The molecule has 0 aliphatic rings. The van der Waals surface area contributed by atoms with Crippen molar-refractivity contribution in [3.05, 3.63) is 33.9 Å². The zero-order valence-corrected chi connectivity index (χ0v) is 13.9. The number of methoxy groups -OCH3 is 1. The Kier molecular flexibility index (Phi) is 8.24. The number of aryl methyl sites for hydroxylation is 1. The molecule has 1 rings (SSSR count). The summed E-state index contributed by atoms with van der Waals surface area (Å²) < 4.78 is 9.88. The molecule has 0 aromatic heterocycles. The molecular formula is C16H22N2O6. The lowest BCUT2D eigenvalue weighted by Gasteiger charge is -2.08. The van der Waals surface area contributed by atoms with E-state index in [1.807, 2.05) is 0 Å². The maximum atomic E-state index is 11.7. The first-order valence-electron chi connectivity index (χ1n) is 7.65. The molecule has 0 heterocycles. The minimum Gasteiger partial charge on any atom is -0.486 e. The van der Waals surface area contributed by atoms with Gasteiger partial charge in [-0.05, 0) is 31.4 Å². The quantitative estimate of drug-likeness (QED) is 0.303. The van der Waals surface area contributed by atoms with Gasteiger partial charge in [0, 0.05) is 19.0 Å². The summed E-state index contributed by atoms with van der Waals surface area (Å²) in [7, 11) is 1.34. The molecule has 0 aliphatic heterocycles. The molecule has 1 N–H and O–H groups in total. The maximum absolute atomic E-state index is 11.7. The molecule has 0 radical (unpaired) electrons. The van der Waals surface area contributed by atoms with E-state index >= 15 is 0 Å². The van der Waals surface area contributed by atoms with Crippen molar-refractivity contribution in [1.29, 1.82) is 0 Å². The van der Waals surface area contributed by atoms with Gasteiger partial charge < -0.3 is 14.8 Å². The molecule has 0 saturated heterocycles. The van der Waals surface area contributed by atoms with Crippen molar-refractivity contribution in [1.82, 2.24) is 5.32 Å². The SMILES string of the molecule is COC(=O)CCCCNC(=O)CCOc1cc(C)ccc1[N+](=O)[O-]. The fourth-order valence-electron chi connectivity index (χ4n) is 1.95. The van der Waals surface area contributed by atoms with Crippen LogP contribution in [0.4, 0.5) is 5.69 Å². The van der Waals surface area contributed by atoms with E-state index in [1.54, 1.807) is 19.1 Å². The van der Waals surface area contributed by atoms with Crippen molar-refractivity contribution < 1.29 is 24.0 Å². The third-order valence-corrected chi connectivity index (χ3v) is 3.26. The summed E-state index contributed by atoms with van der Waals surface area (Å²) >= 11 is 0. The molecule has 1 amide bonds. The third-order valence-electron chi connectivity index (χ3n) is 3.26. The fourth-order valence-corrected chi connectivity index (χ4v) is 1.95. The van der Waals surface area contributed by atoms with Crippen molar-refractivity contribution in [3.8, 4) is 5.75 Å². The van der Waals surface area contributed by atoms with Crippen LogP contribution in [-0.4, -0.2) is 37.1 Å². The van der Waals surface area contributed by atoms with Gasteiger partial charge in [0.05, 0.1) is 25.1 Å². The van der Waals surface area contributed by atoms with Crippen LogP contribution in [0.2, 0.25) is 0 Å². The summed E-state index contributed by atoms with van der Waals surface area (Å²) in [6, 6.07) is 4.58. The number of nitrogens with zero attached hydrogens (tertiary/aromatic N) is 1. The molecule has 24 heavy (non-hydrogen) atoms. The largest absolute Gasteiger partial charge is 0.486 e. The molecule has 1 aromatic carbocycles. The Bertz CT molecular complexity index is 588. The zero-order chi connectivity index (χ0) is 17.9. The highest BCUT2D eigenvalue weighted by molar-refractivity contribution is 5.76. The number of hydrogen-bond donors (Lipinski definition) is 1. The average molecular weight is 338 g/mol. The van der Waals surface area contributed by atoms with Crippen molar-refractivity contribution in [2.24, 2.45) is 0 Å². The molecular weight excluding hydrogens is 316 g/mol. The Balaban J connectivity index is 2.27. The van der Waals surface area contributed by atoms with Crippen molar-refractivity contribution in [2.75, 3.05) is 20.3 Å². The number of ether oxygens (including phenoxy) is 2. The first-order valence-corrected chi connectivity index (χ1v) is 7.65. The number of benzene rings is 1. The van der Waals surface area contributed by atoms with Gasteiger partial charge in [0.2, 0.25) is 5.91 Å². The summed E-state index contributed by atoms with van der Waals surface area (Å²) in [5.74, 6) is -0.316. The number of hydrogen-bond acceptors (Lipinski definition) is 6. The fraction of sp³-hybridized carbons (Fsp3) is 0.500. The van der Waals surface area contributed by atoms with Gasteiger partial charge >= 0.3 is 11.7 Å². The molecule has 0 bridgehead atoms. The Labute approximate surface area is 140 Å². The van der Waals surface area contributed by atoms with Crippen LogP contribution >= 0.6 is 0 Å². The highest BCUT2D eigenvalue weighted by Crippen LogP contribution is 2.27. The number of nitro groups is 1. The lowest BCUT2D eigenvalue weighted by molar-refractivity contribution is -0.385. The summed E-state index contributed by atoms with van der Waals surface area (Å²) in [5.41, 5.74) is 0.717. The van der Waals surface area contributed by atoms with Crippen LogP contribution in [0.25, 0.3) is 0 Å². The molecule has 8 heteroatoms. The van der Waals surface area contributed by atoms with Crippen LogP contribution in [0, 0.1) is 17.0 Å². The van der Waals surface area contributed by atoms with Gasteiger partial charge in [-0.15, -0.1) is 0 Å². The predicted octanol–water partition coefficient (Wildman–Crippen LogP) is 2.13. The number of rotatable bonds is 10. The molecule has 0 aliphatic carbocycles. The van der Waals surface area contributed by atoms with E-state index in [1.165, 1.54) is 13.2 Å². The first-order chi connectivity index (χ1) is 11.4.